The lowest BCUT2D eigenvalue weighted by Gasteiger charge is -2.29. The zero-order valence-electron chi connectivity index (χ0n) is 13.0. The molecule has 0 bridgehead atoms. The predicted octanol–water partition coefficient (Wildman–Crippen LogP) is 3.58. The van der Waals surface area contributed by atoms with Crippen LogP contribution in [0.1, 0.15) is 37.9 Å². The van der Waals surface area contributed by atoms with E-state index < -0.39 is 0 Å². The van der Waals surface area contributed by atoms with E-state index in [9.17, 15) is 0 Å². The molecule has 0 spiro atoms. The van der Waals surface area contributed by atoms with Crippen LogP contribution in [0, 0.1) is 0 Å². The summed E-state index contributed by atoms with van der Waals surface area (Å²) in [5.74, 6) is 0. The Balaban J connectivity index is 2.18. The summed E-state index contributed by atoms with van der Waals surface area (Å²) >= 11 is 0. The molecule has 3 heteroatoms. The Bertz CT molecular complexity index is 486. The fourth-order valence-electron chi connectivity index (χ4n) is 2.42. The molecule has 3 nitrogen and oxygen atoms in total. The Kier molecular flexibility index (Phi) is 5.48. The topological polar surface area (TPSA) is 34.1 Å². The van der Waals surface area contributed by atoms with E-state index in [1.54, 1.807) is 0 Å². The van der Waals surface area contributed by atoms with E-state index in [0.717, 1.165) is 13.2 Å². The third kappa shape index (κ3) is 4.66. The molecule has 21 heavy (non-hydrogen) atoms. The molecule has 0 radical (unpaired) electrons. The van der Waals surface area contributed by atoms with Crippen LogP contribution in [0.5, 0.6) is 0 Å². The summed E-state index contributed by atoms with van der Waals surface area (Å²) in [5, 5.41) is 3.62. The zero-order valence-corrected chi connectivity index (χ0v) is 13.0. The summed E-state index contributed by atoms with van der Waals surface area (Å²) in [5.41, 5.74) is 2.27. The maximum Gasteiger partial charge on any atom is 0.0750 e. The number of nitrogens with one attached hydrogen (secondary N) is 1. The second kappa shape index (κ2) is 7.34. The van der Waals surface area contributed by atoms with Crippen LogP contribution in [-0.4, -0.2) is 23.7 Å². The highest BCUT2D eigenvalue weighted by Crippen LogP contribution is 2.22. The number of pyridine rings is 1. The monoisotopic (exact) mass is 284 g/mol. The van der Waals surface area contributed by atoms with E-state index in [-0.39, 0.29) is 11.6 Å². The molecule has 0 fully saturated rings. The van der Waals surface area contributed by atoms with Crippen molar-refractivity contribution >= 4 is 0 Å². The normalized spacial score (nSPS) is 13.1. The van der Waals surface area contributed by atoms with Gasteiger partial charge in [-0.1, -0.05) is 30.3 Å². The van der Waals surface area contributed by atoms with E-state index in [0.29, 0.717) is 0 Å². The number of benzene rings is 1. The van der Waals surface area contributed by atoms with E-state index in [1.165, 1.54) is 11.1 Å². The Labute approximate surface area is 127 Å². The maximum absolute atomic E-state index is 5.78. The quantitative estimate of drug-likeness (QED) is 0.844. The van der Waals surface area contributed by atoms with Crippen LogP contribution in [0.2, 0.25) is 0 Å². The lowest BCUT2D eigenvalue weighted by molar-refractivity contribution is -0.00990. The first-order valence-electron chi connectivity index (χ1n) is 7.44. The fraction of sp³-hybridized carbons (Fsp3) is 0.389. The molecular weight excluding hydrogens is 260 g/mol. The summed E-state index contributed by atoms with van der Waals surface area (Å²) in [6, 6.07) is 14.7. The molecule has 1 aromatic carbocycles. The SMILES string of the molecule is CCOC(C)(C)CNC(c1ccccc1)c1ccncc1. The molecule has 0 saturated heterocycles. The molecule has 1 aromatic heterocycles. The van der Waals surface area contributed by atoms with Crippen molar-refractivity contribution in [3.8, 4) is 0 Å². The van der Waals surface area contributed by atoms with Gasteiger partial charge in [0.2, 0.25) is 0 Å². The van der Waals surface area contributed by atoms with Crippen LogP contribution in [-0.2, 0) is 4.74 Å². The Morgan fingerprint density at radius 3 is 2.29 bits per heavy atom. The van der Waals surface area contributed by atoms with E-state index in [4.69, 9.17) is 4.74 Å². The minimum Gasteiger partial charge on any atom is -0.375 e. The van der Waals surface area contributed by atoms with Gasteiger partial charge in [-0.05, 0) is 44.0 Å². The smallest absolute Gasteiger partial charge is 0.0750 e. The van der Waals surface area contributed by atoms with Gasteiger partial charge in [-0.15, -0.1) is 0 Å². The van der Waals surface area contributed by atoms with Crippen LogP contribution >= 0.6 is 0 Å². The maximum atomic E-state index is 5.78. The summed E-state index contributed by atoms with van der Waals surface area (Å²) in [7, 11) is 0. The van der Waals surface area contributed by atoms with Crippen molar-refractivity contribution in [3.05, 3.63) is 66.0 Å². The highest BCUT2D eigenvalue weighted by Gasteiger charge is 2.21. The average molecular weight is 284 g/mol. The number of rotatable bonds is 7. The molecule has 0 amide bonds. The van der Waals surface area contributed by atoms with Crippen molar-refractivity contribution in [1.29, 1.82) is 0 Å². The van der Waals surface area contributed by atoms with Crippen LogP contribution in [0.25, 0.3) is 0 Å². The number of hydrogen-bond donors (Lipinski definition) is 1. The first-order chi connectivity index (χ1) is 10.1. The minimum atomic E-state index is -0.186. The largest absolute Gasteiger partial charge is 0.375 e. The number of hydrogen-bond acceptors (Lipinski definition) is 3. The van der Waals surface area contributed by atoms with Gasteiger partial charge in [0.1, 0.15) is 0 Å². The van der Waals surface area contributed by atoms with Gasteiger partial charge >= 0.3 is 0 Å². The van der Waals surface area contributed by atoms with E-state index >= 15 is 0 Å². The van der Waals surface area contributed by atoms with Gasteiger partial charge in [-0.3, -0.25) is 4.98 Å². The van der Waals surface area contributed by atoms with Crippen molar-refractivity contribution in [2.24, 2.45) is 0 Å². The van der Waals surface area contributed by atoms with Crippen LogP contribution in [0.4, 0.5) is 0 Å². The van der Waals surface area contributed by atoms with E-state index in [1.807, 2.05) is 25.4 Å². The van der Waals surface area contributed by atoms with Gasteiger partial charge < -0.3 is 10.1 Å². The molecule has 0 saturated carbocycles. The summed E-state index contributed by atoms with van der Waals surface area (Å²) in [6.45, 7) is 7.75. The van der Waals surface area contributed by atoms with Crippen molar-refractivity contribution in [2.75, 3.05) is 13.2 Å². The molecular formula is C18H24N2O. The lowest BCUT2D eigenvalue weighted by atomic mass is 9.98. The van der Waals surface area contributed by atoms with Gasteiger partial charge in [0.25, 0.3) is 0 Å². The first kappa shape index (κ1) is 15.7. The average Bonchev–Trinajstić information content (AvgIpc) is 2.49. The summed E-state index contributed by atoms with van der Waals surface area (Å²) in [6.07, 6.45) is 3.67. The summed E-state index contributed by atoms with van der Waals surface area (Å²) in [4.78, 5) is 4.11. The minimum absolute atomic E-state index is 0.147. The summed E-state index contributed by atoms with van der Waals surface area (Å²) < 4.78 is 5.78. The molecule has 0 aliphatic carbocycles. The number of ether oxygens (including phenoxy) is 1. The molecule has 1 heterocycles. The molecule has 2 aromatic rings. The van der Waals surface area contributed by atoms with Crippen molar-refractivity contribution in [1.82, 2.24) is 10.3 Å². The number of aromatic nitrogens is 1. The highest BCUT2D eigenvalue weighted by atomic mass is 16.5. The third-order valence-corrected chi connectivity index (χ3v) is 3.44. The Hall–Kier alpha value is -1.71. The van der Waals surface area contributed by atoms with Gasteiger partial charge in [0.05, 0.1) is 11.6 Å². The van der Waals surface area contributed by atoms with Crippen LogP contribution in [0.3, 0.4) is 0 Å². The van der Waals surface area contributed by atoms with Gasteiger partial charge in [-0.2, -0.15) is 0 Å². The Morgan fingerprint density at radius 1 is 1.05 bits per heavy atom. The van der Waals surface area contributed by atoms with Crippen molar-refractivity contribution < 1.29 is 4.74 Å². The molecule has 2 rings (SSSR count). The zero-order chi connectivity index (χ0) is 15.1. The van der Waals surface area contributed by atoms with E-state index in [2.05, 4.69) is 60.5 Å². The van der Waals surface area contributed by atoms with Crippen LogP contribution < -0.4 is 5.32 Å². The molecule has 1 N–H and O–H groups in total. The second-order valence-electron chi connectivity index (χ2n) is 5.70. The highest BCUT2D eigenvalue weighted by molar-refractivity contribution is 5.30. The molecule has 1 unspecified atom stereocenters. The number of nitrogens with zero attached hydrogens (tertiary/aromatic N) is 1. The van der Waals surface area contributed by atoms with Gasteiger partial charge in [0, 0.05) is 25.5 Å². The second-order valence-corrected chi connectivity index (χ2v) is 5.70. The van der Waals surface area contributed by atoms with Crippen molar-refractivity contribution in [2.45, 2.75) is 32.4 Å². The van der Waals surface area contributed by atoms with Gasteiger partial charge in [0.15, 0.2) is 0 Å². The predicted molar refractivity (Wildman–Crippen MR) is 86.2 cm³/mol. The Morgan fingerprint density at radius 2 is 1.67 bits per heavy atom. The standard InChI is InChI=1S/C18H24N2O/c1-4-21-18(2,3)14-20-17(15-8-6-5-7-9-15)16-10-12-19-13-11-16/h5-13,17,20H,4,14H2,1-3H3. The fourth-order valence-corrected chi connectivity index (χ4v) is 2.42. The molecule has 0 aliphatic rings. The van der Waals surface area contributed by atoms with Crippen LogP contribution in [0.15, 0.2) is 54.9 Å². The molecule has 1 atom stereocenters. The molecule has 112 valence electrons. The first-order valence-corrected chi connectivity index (χ1v) is 7.44. The van der Waals surface area contributed by atoms with Gasteiger partial charge in [-0.25, -0.2) is 0 Å². The lowest BCUT2D eigenvalue weighted by Crippen LogP contribution is -2.39. The molecule has 0 aliphatic heterocycles. The van der Waals surface area contributed by atoms with Crippen molar-refractivity contribution in [3.63, 3.8) is 0 Å². The third-order valence-electron chi connectivity index (χ3n) is 3.44.